The van der Waals surface area contributed by atoms with Crippen molar-refractivity contribution in [3.63, 3.8) is 0 Å². The van der Waals surface area contributed by atoms with E-state index in [1.54, 1.807) is 0 Å². The number of esters is 2. The number of carboxylic acid groups (broad SMARTS) is 1. The Labute approximate surface area is 490 Å². The summed E-state index contributed by atoms with van der Waals surface area (Å²) in [7, 11) is 5.92. The van der Waals surface area contributed by atoms with E-state index in [1.165, 1.54) is 238 Å². The van der Waals surface area contributed by atoms with Gasteiger partial charge < -0.3 is 33.3 Å². The van der Waals surface area contributed by atoms with E-state index in [1.807, 2.05) is 21.1 Å². The Morgan fingerprint density at radius 3 is 1.06 bits per heavy atom. The number of carbonyl (C=O) groups excluding carboxylic acids is 3. The largest absolute Gasteiger partial charge is 0.545 e. The van der Waals surface area contributed by atoms with Gasteiger partial charge in [-0.05, 0) is 64.2 Å². The maximum Gasteiger partial charge on any atom is 0.306 e. The van der Waals surface area contributed by atoms with Crippen LogP contribution in [0.4, 0.5) is 0 Å². The molecule has 0 saturated carbocycles. The molecule has 0 saturated heterocycles. The number of aliphatic carboxylic acids is 1. The second-order valence-electron chi connectivity index (χ2n) is 24.5. The number of likely N-dealkylation sites (N-methyl/N-ethyl adjacent to an activating group) is 1. The number of carbonyl (C=O) groups is 3. The number of nitrogens with zero attached hydrogens (tertiary/aromatic N) is 1. The molecule has 9 nitrogen and oxygen atoms in total. The Kier molecular flexibility index (Phi) is 59.6. The van der Waals surface area contributed by atoms with E-state index in [0.717, 1.165) is 64.2 Å². The minimum atomic E-state index is -1.62. The first-order chi connectivity index (χ1) is 38.6. The molecule has 0 rings (SSSR count). The van der Waals surface area contributed by atoms with Gasteiger partial charge >= 0.3 is 11.9 Å². The highest BCUT2D eigenvalue weighted by atomic mass is 16.7. The summed E-state index contributed by atoms with van der Waals surface area (Å²) >= 11 is 0. The first kappa shape index (κ1) is 76.5. The van der Waals surface area contributed by atoms with Gasteiger partial charge in [0.15, 0.2) is 12.4 Å². The Morgan fingerprint density at radius 1 is 0.380 bits per heavy atom. The fourth-order valence-corrected chi connectivity index (χ4v) is 10.1. The average molecular weight is 1110 g/mol. The van der Waals surface area contributed by atoms with Crippen LogP contribution < -0.4 is 5.11 Å². The summed E-state index contributed by atoms with van der Waals surface area (Å²) in [6, 6.07) is 0. The molecule has 0 radical (unpaired) electrons. The molecule has 0 aliphatic rings. The van der Waals surface area contributed by atoms with Crippen molar-refractivity contribution in [2.75, 3.05) is 47.5 Å². The van der Waals surface area contributed by atoms with E-state index in [0.29, 0.717) is 23.9 Å². The van der Waals surface area contributed by atoms with Crippen molar-refractivity contribution < 1.29 is 42.9 Å². The van der Waals surface area contributed by atoms with Gasteiger partial charge in [0.1, 0.15) is 13.2 Å². The molecule has 0 aliphatic carbocycles. The number of quaternary nitrogens is 1. The summed E-state index contributed by atoms with van der Waals surface area (Å²) in [6.07, 6.45) is 74.1. The molecule has 0 N–H and O–H groups in total. The van der Waals surface area contributed by atoms with Gasteiger partial charge in [-0.15, -0.1) is 0 Å². The highest BCUT2D eigenvalue weighted by molar-refractivity contribution is 5.70. The predicted octanol–water partition coefficient (Wildman–Crippen LogP) is 19.5. The lowest BCUT2D eigenvalue weighted by Crippen LogP contribution is -2.44. The zero-order chi connectivity index (χ0) is 57.6. The second kappa shape index (κ2) is 61.6. The molecule has 0 bridgehead atoms. The first-order valence-electron chi connectivity index (χ1n) is 34.1. The molecule has 464 valence electrons. The molecule has 0 aliphatic heterocycles. The average Bonchev–Trinajstić information content (AvgIpc) is 3.42. The zero-order valence-electron chi connectivity index (χ0n) is 53.0. The molecule has 79 heavy (non-hydrogen) atoms. The van der Waals surface area contributed by atoms with Crippen LogP contribution in [0.1, 0.15) is 335 Å². The van der Waals surface area contributed by atoms with Crippen molar-refractivity contribution in [2.45, 2.75) is 347 Å². The number of unbranched alkanes of at least 4 members (excludes halogenated alkanes) is 43. The highest BCUT2D eigenvalue weighted by Gasteiger charge is 2.22. The molecular formula is C70H131NO8. The summed E-state index contributed by atoms with van der Waals surface area (Å²) in [5.41, 5.74) is 0. The predicted molar refractivity (Wildman–Crippen MR) is 334 cm³/mol. The Hall–Kier alpha value is -2.49. The minimum absolute atomic E-state index is 0.146. The van der Waals surface area contributed by atoms with Crippen LogP contribution in [-0.2, 0) is 33.3 Å². The number of hydrogen-bond acceptors (Lipinski definition) is 8. The third-order valence-electron chi connectivity index (χ3n) is 15.3. The maximum atomic E-state index is 12.8. The number of ether oxygens (including phenoxy) is 4. The number of rotatable bonds is 64. The van der Waals surface area contributed by atoms with Gasteiger partial charge in [-0.3, -0.25) is 9.59 Å². The van der Waals surface area contributed by atoms with Crippen LogP contribution in [0.3, 0.4) is 0 Å². The smallest absolute Gasteiger partial charge is 0.306 e. The van der Waals surface area contributed by atoms with Crippen molar-refractivity contribution in [1.29, 1.82) is 0 Å². The lowest BCUT2D eigenvalue weighted by Gasteiger charge is -2.26. The van der Waals surface area contributed by atoms with Crippen LogP contribution in [0, 0.1) is 0 Å². The van der Waals surface area contributed by atoms with E-state index >= 15 is 0 Å². The van der Waals surface area contributed by atoms with Crippen molar-refractivity contribution >= 4 is 17.9 Å². The van der Waals surface area contributed by atoms with Gasteiger partial charge in [0.2, 0.25) is 0 Å². The van der Waals surface area contributed by atoms with E-state index in [-0.39, 0.29) is 32.2 Å². The van der Waals surface area contributed by atoms with Crippen molar-refractivity contribution in [3.8, 4) is 0 Å². The monoisotopic (exact) mass is 1110 g/mol. The number of carboxylic acids is 1. The lowest BCUT2D eigenvalue weighted by atomic mass is 10.0. The molecule has 0 aromatic heterocycles. The summed E-state index contributed by atoms with van der Waals surface area (Å²) < 4.78 is 22.7. The van der Waals surface area contributed by atoms with Gasteiger partial charge in [0.25, 0.3) is 0 Å². The normalized spacial score (nSPS) is 12.9. The molecule has 0 heterocycles. The summed E-state index contributed by atoms with van der Waals surface area (Å²) in [5.74, 6) is -2.29. The van der Waals surface area contributed by atoms with Crippen molar-refractivity contribution in [1.82, 2.24) is 0 Å². The fourth-order valence-electron chi connectivity index (χ4n) is 10.1. The molecule has 0 spiro atoms. The second-order valence-corrected chi connectivity index (χ2v) is 24.5. The number of allylic oxidation sites excluding steroid dienone is 6. The Morgan fingerprint density at radius 2 is 0.709 bits per heavy atom. The molecule has 2 atom stereocenters. The van der Waals surface area contributed by atoms with Gasteiger partial charge in [-0.2, -0.15) is 0 Å². The van der Waals surface area contributed by atoms with Crippen LogP contribution in [0.25, 0.3) is 0 Å². The molecule has 0 fully saturated rings. The Balaban J connectivity index is 3.84. The summed E-state index contributed by atoms with van der Waals surface area (Å²) in [4.78, 5) is 37.3. The van der Waals surface area contributed by atoms with Gasteiger partial charge in [0, 0.05) is 12.8 Å². The maximum absolute atomic E-state index is 12.8. The molecule has 9 heteroatoms. The molecule has 0 amide bonds. The van der Waals surface area contributed by atoms with E-state index in [2.05, 4.69) is 50.3 Å². The zero-order valence-corrected chi connectivity index (χ0v) is 53.0. The quantitative estimate of drug-likeness (QED) is 0.0195. The van der Waals surface area contributed by atoms with E-state index < -0.39 is 24.3 Å². The standard InChI is InChI=1S/C70H131NO8/c1-6-8-10-12-14-16-18-20-21-22-23-24-25-26-27-28-29-30-31-32-33-34-35-36-37-38-39-40-41-42-43-44-45-46-47-49-50-52-54-56-58-60-67(72)77-64-66(65-78-70(69(74)75)76-63-62-71(3,4)5)79-68(73)61-59-57-55-53-51-48-19-17-15-13-11-9-7-2/h11,13,17,19,22-23,66,70H,6-10,12,14-16,18,20-21,24-65H2,1-5H3/b13-11-,19-17-,23-22-. The fraction of sp³-hybridized carbons (Fsp3) is 0.871. The van der Waals surface area contributed by atoms with Gasteiger partial charge in [-0.1, -0.05) is 294 Å². The summed E-state index contributed by atoms with van der Waals surface area (Å²) in [5, 5.41) is 11.8. The SMILES string of the molecule is CCC/C=C\C/C=C\CCCCCCCC(=O)OC(COC(=O)CCCCCCCCCCCCCCCCCCCCCCCCCCCCCCC/C=C\CCCCCCCCCC)COC(OCC[N+](C)(C)C)C(=O)[O-]. The van der Waals surface area contributed by atoms with Gasteiger partial charge in [0.05, 0.1) is 40.3 Å². The molecule has 2 unspecified atom stereocenters. The lowest BCUT2D eigenvalue weighted by molar-refractivity contribution is -0.870. The van der Waals surface area contributed by atoms with Gasteiger partial charge in [-0.25, -0.2) is 0 Å². The molecule has 0 aromatic rings. The number of hydrogen-bond donors (Lipinski definition) is 0. The van der Waals surface area contributed by atoms with Crippen LogP contribution in [-0.4, -0.2) is 82.3 Å². The molecular weight excluding hydrogens is 983 g/mol. The Bertz CT molecular complexity index is 1390. The summed E-state index contributed by atoms with van der Waals surface area (Å²) in [6.45, 7) is 4.70. The van der Waals surface area contributed by atoms with Crippen LogP contribution in [0.2, 0.25) is 0 Å². The van der Waals surface area contributed by atoms with Crippen LogP contribution >= 0.6 is 0 Å². The van der Waals surface area contributed by atoms with Crippen molar-refractivity contribution in [3.05, 3.63) is 36.5 Å². The topological polar surface area (TPSA) is 111 Å². The third-order valence-corrected chi connectivity index (χ3v) is 15.3. The van der Waals surface area contributed by atoms with E-state index in [9.17, 15) is 19.5 Å². The minimum Gasteiger partial charge on any atom is -0.545 e. The van der Waals surface area contributed by atoms with Crippen LogP contribution in [0.5, 0.6) is 0 Å². The third kappa shape index (κ3) is 63.0. The molecule has 0 aromatic carbocycles. The van der Waals surface area contributed by atoms with Crippen molar-refractivity contribution in [2.24, 2.45) is 0 Å². The highest BCUT2D eigenvalue weighted by Crippen LogP contribution is 2.18. The van der Waals surface area contributed by atoms with E-state index in [4.69, 9.17) is 18.9 Å². The first-order valence-corrected chi connectivity index (χ1v) is 34.1. The van der Waals surface area contributed by atoms with Crippen LogP contribution in [0.15, 0.2) is 36.5 Å².